The van der Waals surface area contributed by atoms with Gasteiger partial charge in [0, 0.05) is 54.0 Å². The first-order chi connectivity index (χ1) is 18.8. The SMILES string of the molecule is CC(=O)C(=O)N1CCN(S(=O)(=O)c2cnc3n2[C@](C)(Cc2ccc(Br)cc2)C(=O)N3c2cc(Cl)cc(Cl)c2)CC1. The van der Waals surface area contributed by atoms with Crippen LogP contribution in [-0.4, -0.2) is 71.0 Å². The summed E-state index contributed by atoms with van der Waals surface area (Å²) < 4.78 is 31.5. The third kappa shape index (κ3) is 4.96. The molecule has 2 aromatic carbocycles. The van der Waals surface area contributed by atoms with Crippen LogP contribution in [0.3, 0.4) is 0 Å². The number of amides is 2. The van der Waals surface area contributed by atoms with Crippen molar-refractivity contribution in [1.29, 1.82) is 0 Å². The molecule has 0 unspecified atom stereocenters. The van der Waals surface area contributed by atoms with Crippen LogP contribution >= 0.6 is 39.1 Å². The van der Waals surface area contributed by atoms with E-state index in [1.54, 1.807) is 19.1 Å². The van der Waals surface area contributed by atoms with Crippen LogP contribution in [0.4, 0.5) is 11.6 Å². The quantitative estimate of drug-likeness (QED) is 0.367. The molecule has 3 aromatic rings. The number of imidazole rings is 1. The minimum absolute atomic E-state index is 0.00709. The highest BCUT2D eigenvalue weighted by Gasteiger charge is 2.52. The minimum Gasteiger partial charge on any atom is -0.333 e. The second-order valence-electron chi connectivity index (χ2n) is 9.83. The Hall–Kier alpha value is -2.77. The number of fused-ring (bicyclic) bond motifs is 1. The highest BCUT2D eigenvalue weighted by molar-refractivity contribution is 9.10. The number of rotatable bonds is 6. The molecule has 0 aliphatic carbocycles. The zero-order chi connectivity index (χ0) is 29.0. The van der Waals surface area contributed by atoms with E-state index in [4.69, 9.17) is 23.2 Å². The van der Waals surface area contributed by atoms with E-state index < -0.39 is 33.2 Å². The van der Waals surface area contributed by atoms with E-state index in [9.17, 15) is 22.8 Å². The van der Waals surface area contributed by atoms with E-state index in [1.807, 2.05) is 24.3 Å². The van der Waals surface area contributed by atoms with Crippen molar-refractivity contribution in [2.45, 2.75) is 30.8 Å². The van der Waals surface area contributed by atoms with E-state index in [2.05, 4.69) is 20.9 Å². The van der Waals surface area contributed by atoms with Crippen molar-refractivity contribution in [2.24, 2.45) is 0 Å². The molecule has 1 saturated heterocycles. The first-order valence-electron chi connectivity index (χ1n) is 12.3. The van der Waals surface area contributed by atoms with Crippen molar-refractivity contribution in [1.82, 2.24) is 18.8 Å². The predicted octanol–water partition coefficient (Wildman–Crippen LogP) is 4.01. The lowest BCUT2D eigenvalue weighted by molar-refractivity contribution is -0.144. The summed E-state index contributed by atoms with van der Waals surface area (Å²) in [4.78, 5) is 44.8. The van der Waals surface area contributed by atoms with Crippen molar-refractivity contribution in [2.75, 3.05) is 31.1 Å². The smallest absolute Gasteiger partial charge is 0.289 e. The van der Waals surface area contributed by atoms with Gasteiger partial charge in [0.15, 0.2) is 5.03 Å². The Morgan fingerprint density at radius 1 is 1.02 bits per heavy atom. The molecule has 3 heterocycles. The Morgan fingerprint density at radius 2 is 1.62 bits per heavy atom. The van der Waals surface area contributed by atoms with Gasteiger partial charge >= 0.3 is 0 Å². The number of hydrogen-bond acceptors (Lipinski definition) is 6. The third-order valence-corrected chi connectivity index (χ3v) is 9.89. The Labute approximate surface area is 249 Å². The van der Waals surface area contributed by atoms with Crippen LogP contribution in [0.2, 0.25) is 10.0 Å². The number of ketones is 1. The van der Waals surface area contributed by atoms with Gasteiger partial charge in [0.1, 0.15) is 5.54 Å². The number of halogens is 3. The number of nitrogens with zero attached hydrogens (tertiary/aromatic N) is 5. The van der Waals surface area contributed by atoms with Crippen LogP contribution in [0.5, 0.6) is 0 Å². The van der Waals surface area contributed by atoms with Crippen molar-refractivity contribution in [3.63, 3.8) is 0 Å². The Kier molecular flexibility index (Phi) is 7.60. The average Bonchev–Trinajstić information content (AvgIpc) is 3.43. The van der Waals surface area contributed by atoms with E-state index in [0.717, 1.165) is 10.0 Å². The van der Waals surface area contributed by atoms with Gasteiger partial charge in [0.25, 0.3) is 21.8 Å². The lowest BCUT2D eigenvalue weighted by Gasteiger charge is -2.34. The normalized spacial score (nSPS) is 19.7. The molecule has 0 radical (unpaired) electrons. The minimum atomic E-state index is -4.16. The fraction of sp³-hybridized carbons (Fsp3) is 0.308. The molecule has 40 heavy (non-hydrogen) atoms. The van der Waals surface area contributed by atoms with Crippen LogP contribution in [0.1, 0.15) is 19.4 Å². The lowest BCUT2D eigenvalue weighted by atomic mass is 9.92. The number of sulfonamides is 1. The van der Waals surface area contributed by atoms with Crippen LogP contribution < -0.4 is 4.90 Å². The summed E-state index contributed by atoms with van der Waals surface area (Å²) in [5.74, 6) is -1.53. The maximum atomic E-state index is 14.2. The van der Waals surface area contributed by atoms with Crippen molar-refractivity contribution < 1.29 is 22.8 Å². The summed E-state index contributed by atoms with van der Waals surface area (Å²) in [6.45, 7) is 2.99. The van der Waals surface area contributed by atoms with Gasteiger partial charge in [-0.2, -0.15) is 4.31 Å². The van der Waals surface area contributed by atoms with Crippen molar-refractivity contribution in [3.8, 4) is 0 Å². The Bertz CT molecular complexity index is 1620. The molecule has 2 aliphatic rings. The van der Waals surface area contributed by atoms with E-state index >= 15 is 0 Å². The van der Waals surface area contributed by atoms with Crippen LogP contribution in [0, 0.1) is 0 Å². The summed E-state index contributed by atoms with van der Waals surface area (Å²) >= 11 is 15.9. The fourth-order valence-electron chi connectivity index (χ4n) is 5.10. The van der Waals surface area contributed by atoms with Crippen molar-refractivity contribution >= 4 is 78.4 Å². The Morgan fingerprint density at radius 3 is 2.20 bits per heavy atom. The number of hydrogen-bond donors (Lipinski definition) is 0. The summed E-state index contributed by atoms with van der Waals surface area (Å²) in [5.41, 5.74) is -0.206. The molecule has 14 heteroatoms. The molecule has 1 fully saturated rings. The topological polar surface area (TPSA) is 113 Å². The van der Waals surface area contributed by atoms with Gasteiger partial charge in [0.2, 0.25) is 11.7 Å². The summed E-state index contributed by atoms with van der Waals surface area (Å²) in [6, 6.07) is 12.1. The molecular weight excluding hydrogens is 645 g/mol. The Balaban J connectivity index is 1.59. The number of carbonyl (C=O) groups is 3. The summed E-state index contributed by atoms with van der Waals surface area (Å²) in [5, 5.41) is 0.457. The van der Waals surface area contributed by atoms with Gasteiger partial charge in [-0.25, -0.2) is 18.3 Å². The highest BCUT2D eigenvalue weighted by Crippen LogP contribution is 2.45. The van der Waals surface area contributed by atoms with Gasteiger partial charge in [-0.3, -0.25) is 19.0 Å². The summed E-state index contributed by atoms with van der Waals surface area (Å²) in [6.07, 6.45) is 1.42. The molecule has 1 aromatic heterocycles. The fourth-order valence-corrected chi connectivity index (χ4v) is 7.49. The second-order valence-corrected chi connectivity index (χ2v) is 13.5. The molecule has 0 N–H and O–H groups in total. The molecule has 0 bridgehead atoms. The zero-order valence-electron chi connectivity index (χ0n) is 21.5. The van der Waals surface area contributed by atoms with Crippen LogP contribution in [0.15, 0.2) is 58.2 Å². The van der Waals surface area contributed by atoms with Crippen molar-refractivity contribution in [3.05, 3.63) is 68.7 Å². The molecule has 1 atom stereocenters. The van der Waals surface area contributed by atoms with E-state index in [1.165, 1.54) is 37.9 Å². The monoisotopic (exact) mass is 667 g/mol. The molecule has 5 rings (SSSR count). The zero-order valence-corrected chi connectivity index (χ0v) is 25.4. The van der Waals surface area contributed by atoms with Gasteiger partial charge in [-0.15, -0.1) is 0 Å². The lowest BCUT2D eigenvalue weighted by Crippen LogP contribution is -2.52. The number of benzene rings is 2. The van der Waals surface area contributed by atoms with E-state index in [0.29, 0.717) is 15.7 Å². The molecule has 0 spiro atoms. The second kappa shape index (κ2) is 10.6. The molecule has 2 aliphatic heterocycles. The third-order valence-electron chi connectivity index (χ3n) is 7.07. The molecule has 10 nitrogen and oxygen atoms in total. The van der Waals surface area contributed by atoms with Gasteiger partial charge in [0.05, 0.1) is 11.9 Å². The first kappa shape index (κ1) is 28.7. The maximum Gasteiger partial charge on any atom is 0.289 e. The molecule has 2 amide bonds. The molecular formula is C26H24BrCl2N5O5S. The van der Waals surface area contributed by atoms with Crippen LogP contribution in [0.25, 0.3) is 0 Å². The highest BCUT2D eigenvalue weighted by atomic mass is 79.9. The molecule has 0 saturated carbocycles. The number of Topliss-reactive ketones (excluding diaryl/α,β-unsaturated/α-hetero) is 1. The summed E-state index contributed by atoms with van der Waals surface area (Å²) in [7, 11) is -4.16. The average molecular weight is 669 g/mol. The van der Waals surface area contributed by atoms with Crippen LogP contribution in [-0.2, 0) is 36.4 Å². The van der Waals surface area contributed by atoms with Gasteiger partial charge in [-0.05, 0) is 42.8 Å². The number of anilines is 2. The number of piperazine rings is 1. The predicted molar refractivity (Wildman–Crippen MR) is 153 cm³/mol. The van der Waals surface area contributed by atoms with Gasteiger partial charge in [-0.1, -0.05) is 51.3 Å². The number of carbonyl (C=O) groups excluding carboxylic acids is 3. The van der Waals surface area contributed by atoms with E-state index in [-0.39, 0.29) is 43.6 Å². The van der Waals surface area contributed by atoms with Gasteiger partial charge < -0.3 is 4.90 Å². The number of aromatic nitrogens is 2. The molecule has 210 valence electrons. The largest absolute Gasteiger partial charge is 0.333 e. The standard InChI is InChI=1S/C26H24BrCl2N5O5S/c1-16(35)23(36)31-7-9-32(10-8-31)40(38,39)22-15-30-25-33(21-12-19(28)11-20(29)13-21)24(37)26(2,34(22)25)14-17-3-5-18(27)6-4-17/h3-6,11-13,15H,7-10,14H2,1-2H3/t26-/m1/s1. The maximum absolute atomic E-state index is 14.2. The first-order valence-corrected chi connectivity index (χ1v) is 15.2.